The molecule has 0 atom stereocenters. The summed E-state index contributed by atoms with van der Waals surface area (Å²) >= 11 is 0. The molecular weight excluding hydrogens is 182 g/mol. The average molecular weight is 191 g/mol. The highest BCUT2D eigenvalue weighted by atomic mass is 15.2. The Bertz CT molecular complexity index is 422. The summed E-state index contributed by atoms with van der Waals surface area (Å²) in [4.78, 5) is 12.0. The lowest BCUT2D eigenvalue weighted by molar-refractivity contribution is 1.00. The summed E-state index contributed by atoms with van der Waals surface area (Å²) in [6.45, 7) is 0.322. The van der Waals surface area contributed by atoms with Crippen LogP contribution in [-0.2, 0) is 6.54 Å². The highest BCUT2D eigenvalue weighted by Crippen LogP contribution is 2.12. The first kappa shape index (κ1) is 8.57. The molecule has 2 aromatic heterocycles. The van der Waals surface area contributed by atoms with Crippen molar-refractivity contribution in [2.75, 3.05) is 5.73 Å². The zero-order valence-electron chi connectivity index (χ0n) is 7.31. The zero-order chi connectivity index (χ0) is 9.97. The molecule has 0 saturated carbocycles. The van der Waals surface area contributed by atoms with E-state index in [1.54, 1.807) is 6.20 Å². The second-order valence-corrected chi connectivity index (χ2v) is 2.64. The Morgan fingerprint density at radius 1 is 1.36 bits per heavy atom. The highest BCUT2D eigenvalue weighted by Gasteiger charge is 2.06. The van der Waals surface area contributed by atoms with E-state index in [1.165, 1.54) is 6.33 Å². The van der Waals surface area contributed by atoms with Crippen LogP contribution >= 0.6 is 0 Å². The summed E-state index contributed by atoms with van der Waals surface area (Å²) in [6.07, 6.45) is 2.96. The Kier molecular flexibility index (Phi) is 2.07. The van der Waals surface area contributed by atoms with Crippen LogP contribution in [0.15, 0.2) is 12.5 Å². The molecule has 0 aliphatic heterocycles. The molecule has 0 aromatic carbocycles. The molecule has 2 heterocycles. The number of H-pyrrole nitrogens is 1. The Labute approximate surface area is 79.6 Å². The lowest BCUT2D eigenvalue weighted by Gasteiger charge is -2.01. The summed E-state index contributed by atoms with van der Waals surface area (Å²) in [7, 11) is 0. The van der Waals surface area contributed by atoms with E-state index in [9.17, 15) is 0 Å². The van der Waals surface area contributed by atoms with Crippen LogP contribution in [0.5, 0.6) is 0 Å². The summed E-state index contributed by atoms with van der Waals surface area (Å²) in [6, 6.07) is 0. The number of nitrogens with one attached hydrogen (secondary N) is 1. The number of aromatic amines is 1. The first-order chi connectivity index (χ1) is 6.81. The third-order valence-electron chi connectivity index (χ3n) is 1.74. The first-order valence-electron chi connectivity index (χ1n) is 3.98. The van der Waals surface area contributed by atoms with Crippen molar-refractivity contribution < 1.29 is 0 Å². The highest BCUT2D eigenvalue weighted by molar-refractivity contribution is 5.48. The van der Waals surface area contributed by atoms with Gasteiger partial charge in [0, 0.05) is 18.3 Å². The normalized spacial score (nSPS) is 10.4. The molecule has 0 bridgehead atoms. The van der Waals surface area contributed by atoms with E-state index in [2.05, 4.69) is 25.1 Å². The number of nitrogens with zero attached hydrogens (tertiary/aromatic N) is 4. The fourth-order valence-electron chi connectivity index (χ4n) is 1.00. The molecule has 14 heavy (non-hydrogen) atoms. The Hall–Kier alpha value is -2.02. The van der Waals surface area contributed by atoms with E-state index in [1.807, 2.05) is 0 Å². The van der Waals surface area contributed by atoms with Gasteiger partial charge in [0.25, 0.3) is 0 Å². The molecule has 0 radical (unpaired) electrons. The smallest absolute Gasteiger partial charge is 0.199 e. The molecule has 7 heteroatoms. The lowest BCUT2D eigenvalue weighted by atomic mass is 10.3. The van der Waals surface area contributed by atoms with E-state index >= 15 is 0 Å². The number of nitrogens with two attached hydrogens (primary N) is 2. The summed E-state index contributed by atoms with van der Waals surface area (Å²) < 4.78 is 0. The van der Waals surface area contributed by atoms with Crippen molar-refractivity contribution in [1.29, 1.82) is 0 Å². The van der Waals surface area contributed by atoms with E-state index in [0.717, 1.165) is 0 Å². The van der Waals surface area contributed by atoms with Gasteiger partial charge >= 0.3 is 0 Å². The molecule has 0 aliphatic rings. The largest absolute Gasteiger partial charge is 0.383 e. The minimum Gasteiger partial charge on any atom is -0.383 e. The van der Waals surface area contributed by atoms with Gasteiger partial charge in [-0.15, -0.1) is 0 Å². The first-order valence-corrected chi connectivity index (χ1v) is 3.98. The van der Waals surface area contributed by atoms with Crippen molar-refractivity contribution in [2.24, 2.45) is 5.73 Å². The van der Waals surface area contributed by atoms with Gasteiger partial charge in [0.1, 0.15) is 12.1 Å². The molecule has 7 nitrogen and oxygen atoms in total. The van der Waals surface area contributed by atoms with Crippen molar-refractivity contribution in [3.63, 3.8) is 0 Å². The predicted octanol–water partition coefficient (Wildman–Crippen LogP) is -0.697. The third kappa shape index (κ3) is 1.40. The van der Waals surface area contributed by atoms with Gasteiger partial charge in [0.05, 0.1) is 0 Å². The Morgan fingerprint density at radius 2 is 2.21 bits per heavy atom. The number of nitrogen functional groups attached to an aromatic ring is 1. The van der Waals surface area contributed by atoms with E-state index in [-0.39, 0.29) is 0 Å². The van der Waals surface area contributed by atoms with Gasteiger partial charge in [0.15, 0.2) is 11.6 Å². The van der Waals surface area contributed by atoms with Crippen LogP contribution in [0, 0.1) is 0 Å². The molecular formula is C7H9N7. The number of hydrogen-bond acceptors (Lipinski definition) is 6. The maximum absolute atomic E-state index is 5.64. The SMILES string of the molecule is NCc1cnc(-c2ncn[nH]2)nc1N. The van der Waals surface area contributed by atoms with E-state index < -0.39 is 0 Å². The van der Waals surface area contributed by atoms with Gasteiger partial charge in [-0.25, -0.2) is 15.0 Å². The fraction of sp³-hybridized carbons (Fsp3) is 0.143. The average Bonchev–Trinajstić information content (AvgIpc) is 2.70. The molecule has 0 spiro atoms. The van der Waals surface area contributed by atoms with Gasteiger partial charge in [-0.2, -0.15) is 5.10 Å². The van der Waals surface area contributed by atoms with E-state index in [0.29, 0.717) is 29.6 Å². The van der Waals surface area contributed by atoms with Gasteiger partial charge in [-0.1, -0.05) is 0 Å². The minimum absolute atomic E-state index is 0.322. The maximum Gasteiger partial charge on any atom is 0.199 e. The monoisotopic (exact) mass is 191 g/mol. The topological polar surface area (TPSA) is 119 Å². The third-order valence-corrected chi connectivity index (χ3v) is 1.74. The molecule has 72 valence electrons. The number of rotatable bonds is 2. The van der Waals surface area contributed by atoms with Crippen LogP contribution in [0.2, 0.25) is 0 Å². The van der Waals surface area contributed by atoms with Crippen LogP contribution in [-0.4, -0.2) is 25.1 Å². The standard InChI is InChI=1S/C7H9N7/c8-1-4-2-10-6(13-5(4)9)7-11-3-12-14-7/h2-3H,1,8H2,(H2,9,10,13)(H,11,12,14). The summed E-state index contributed by atoms with van der Waals surface area (Å²) in [5.41, 5.74) is 11.8. The molecule has 0 saturated heterocycles. The molecule has 0 fully saturated rings. The maximum atomic E-state index is 5.64. The zero-order valence-corrected chi connectivity index (χ0v) is 7.31. The number of aromatic nitrogens is 5. The molecule has 2 aromatic rings. The van der Waals surface area contributed by atoms with Crippen LogP contribution < -0.4 is 11.5 Å². The fourth-order valence-corrected chi connectivity index (χ4v) is 1.00. The van der Waals surface area contributed by atoms with Crippen LogP contribution in [0.1, 0.15) is 5.56 Å². The van der Waals surface area contributed by atoms with Gasteiger partial charge < -0.3 is 11.5 Å². The minimum atomic E-state index is 0.322. The molecule has 0 aliphatic carbocycles. The number of hydrogen-bond donors (Lipinski definition) is 3. The van der Waals surface area contributed by atoms with Crippen LogP contribution in [0.4, 0.5) is 5.82 Å². The van der Waals surface area contributed by atoms with Crippen LogP contribution in [0.3, 0.4) is 0 Å². The molecule has 2 rings (SSSR count). The molecule has 5 N–H and O–H groups in total. The summed E-state index contributed by atoms with van der Waals surface area (Å²) in [5.74, 6) is 1.27. The second kappa shape index (κ2) is 3.38. The number of anilines is 1. The van der Waals surface area contributed by atoms with Crippen molar-refractivity contribution in [3.05, 3.63) is 18.1 Å². The van der Waals surface area contributed by atoms with Gasteiger partial charge in [0.2, 0.25) is 0 Å². The van der Waals surface area contributed by atoms with Gasteiger partial charge in [-0.3, -0.25) is 5.10 Å². The predicted molar refractivity (Wildman–Crippen MR) is 49.7 cm³/mol. The summed E-state index contributed by atoms with van der Waals surface area (Å²) in [5, 5.41) is 6.33. The van der Waals surface area contributed by atoms with Gasteiger partial charge in [-0.05, 0) is 0 Å². The van der Waals surface area contributed by atoms with Crippen molar-refractivity contribution in [3.8, 4) is 11.6 Å². The van der Waals surface area contributed by atoms with Crippen molar-refractivity contribution in [2.45, 2.75) is 6.54 Å². The van der Waals surface area contributed by atoms with Crippen LogP contribution in [0.25, 0.3) is 11.6 Å². The quantitative estimate of drug-likeness (QED) is 0.577. The molecule has 0 unspecified atom stereocenters. The Morgan fingerprint density at radius 3 is 2.79 bits per heavy atom. The van der Waals surface area contributed by atoms with Crippen molar-refractivity contribution >= 4 is 5.82 Å². The van der Waals surface area contributed by atoms with Crippen molar-refractivity contribution in [1.82, 2.24) is 25.1 Å². The van der Waals surface area contributed by atoms with E-state index in [4.69, 9.17) is 11.5 Å². The molecule has 0 amide bonds. The second-order valence-electron chi connectivity index (χ2n) is 2.64. The Balaban J connectivity index is 2.43. The lowest BCUT2D eigenvalue weighted by Crippen LogP contribution is -2.06.